The third-order valence-corrected chi connectivity index (χ3v) is 1.33. The van der Waals surface area contributed by atoms with E-state index in [1.165, 1.54) is 0 Å². The van der Waals surface area contributed by atoms with Gasteiger partial charge in [0.05, 0.1) is 6.04 Å². The molecule has 1 saturated heterocycles. The number of rotatable bonds is 1. The molecule has 0 aromatic carbocycles. The molecule has 1 aliphatic rings. The van der Waals surface area contributed by atoms with Crippen LogP contribution in [0.4, 0.5) is 0 Å². The van der Waals surface area contributed by atoms with Crippen molar-refractivity contribution in [3.8, 4) is 0 Å². The summed E-state index contributed by atoms with van der Waals surface area (Å²) in [5.41, 5.74) is 5.24. The molecule has 0 unspecified atom stereocenters. The van der Waals surface area contributed by atoms with Crippen molar-refractivity contribution < 1.29 is 9.59 Å². The summed E-state index contributed by atoms with van der Waals surface area (Å²) in [5, 5.41) is 4.84. The van der Waals surface area contributed by atoms with Crippen LogP contribution >= 0.6 is 0 Å². The smallest absolute Gasteiger partial charge is 0.309 e. The third kappa shape index (κ3) is 1.24. The number of piperazine rings is 1. The van der Waals surface area contributed by atoms with Gasteiger partial charge in [0, 0.05) is 13.1 Å². The molecule has 0 spiro atoms. The number of amides is 2. The first kappa shape index (κ1) is 7.01. The lowest BCUT2D eigenvalue weighted by molar-refractivity contribution is -0.141. The molecule has 0 aromatic rings. The average molecular weight is 143 g/mol. The van der Waals surface area contributed by atoms with E-state index in [2.05, 4.69) is 10.6 Å². The van der Waals surface area contributed by atoms with Crippen molar-refractivity contribution in [2.24, 2.45) is 5.73 Å². The van der Waals surface area contributed by atoms with E-state index in [4.69, 9.17) is 5.73 Å². The molecule has 0 saturated carbocycles. The van der Waals surface area contributed by atoms with Crippen LogP contribution in [0.3, 0.4) is 0 Å². The van der Waals surface area contributed by atoms with Crippen LogP contribution in [0.1, 0.15) is 0 Å². The van der Waals surface area contributed by atoms with E-state index in [0.29, 0.717) is 13.1 Å². The van der Waals surface area contributed by atoms with E-state index in [0.717, 1.165) is 0 Å². The van der Waals surface area contributed by atoms with Crippen molar-refractivity contribution in [3.63, 3.8) is 0 Å². The van der Waals surface area contributed by atoms with Crippen molar-refractivity contribution in [3.05, 3.63) is 0 Å². The molecule has 1 aliphatic heterocycles. The Bertz CT molecular complexity index is 168. The summed E-state index contributed by atoms with van der Waals surface area (Å²) in [5.74, 6) is -1.17. The largest absolute Gasteiger partial charge is 0.346 e. The van der Waals surface area contributed by atoms with Crippen LogP contribution in [0.2, 0.25) is 0 Å². The average Bonchev–Trinajstić information content (AvgIpc) is 1.95. The Morgan fingerprint density at radius 2 is 2.20 bits per heavy atom. The number of nitrogens with one attached hydrogen (secondary N) is 2. The van der Waals surface area contributed by atoms with Gasteiger partial charge in [0.25, 0.3) is 0 Å². The maximum Gasteiger partial charge on any atom is 0.309 e. The summed E-state index contributed by atoms with van der Waals surface area (Å²) in [6.07, 6.45) is 0. The fraction of sp³-hybridized carbons (Fsp3) is 0.600. The predicted octanol–water partition coefficient (Wildman–Crippen LogP) is -2.44. The zero-order valence-corrected chi connectivity index (χ0v) is 5.39. The first-order chi connectivity index (χ1) is 4.74. The monoisotopic (exact) mass is 143 g/mol. The summed E-state index contributed by atoms with van der Waals surface area (Å²) < 4.78 is 0. The maximum absolute atomic E-state index is 10.6. The highest BCUT2D eigenvalue weighted by atomic mass is 16.2. The number of carbonyl (C=O) groups is 2. The molecule has 1 rings (SSSR count). The van der Waals surface area contributed by atoms with Gasteiger partial charge in [0.15, 0.2) is 0 Å². The number of nitrogens with two attached hydrogens (primary N) is 1. The number of hydrogen-bond acceptors (Lipinski definition) is 3. The van der Waals surface area contributed by atoms with Crippen molar-refractivity contribution in [1.29, 1.82) is 0 Å². The molecule has 4 N–H and O–H groups in total. The lowest BCUT2D eigenvalue weighted by atomic mass is 10.2. The van der Waals surface area contributed by atoms with Gasteiger partial charge in [0.1, 0.15) is 0 Å². The van der Waals surface area contributed by atoms with Crippen LogP contribution in [0.25, 0.3) is 0 Å². The molecular weight excluding hydrogens is 134 g/mol. The standard InChI is InChI=1S/C5H9N3O2/c6-1-3-2-7-4(9)5(10)8-3/h3H,1-2,6H2,(H,7,9)(H,8,10)/t3-/m0/s1. The van der Waals surface area contributed by atoms with Gasteiger partial charge < -0.3 is 16.4 Å². The molecule has 56 valence electrons. The summed E-state index contributed by atoms with van der Waals surface area (Å²) in [4.78, 5) is 21.1. The first-order valence-corrected chi connectivity index (χ1v) is 3.03. The lowest BCUT2D eigenvalue weighted by Gasteiger charge is -2.21. The minimum Gasteiger partial charge on any atom is -0.346 e. The summed E-state index contributed by atoms with van der Waals surface area (Å²) >= 11 is 0. The summed E-state index contributed by atoms with van der Waals surface area (Å²) in [7, 11) is 0. The van der Waals surface area contributed by atoms with Crippen LogP contribution in [-0.4, -0.2) is 30.9 Å². The van der Waals surface area contributed by atoms with Gasteiger partial charge >= 0.3 is 11.8 Å². The lowest BCUT2D eigenvalue weighted by Crippen LogP contribution is -2.58. The van der Waals surface area contributed by atoms with E-state index >= 15 is 0 Å². The fourth-order valence-electron chi connectivity index (χ4n) is 0.740. The van der Waals surface area contributed by atoms with Gasteiger partial charge in [0.2, 0.25) is 0 Å². The highest BCUT2D eigenvalue weighted by molar-refractivity contribution is 6.35. The Labute approximate surface area is 58.0 Å². The normalized spacial score (nSPS) is 25.5. The molecule has 5 heteroatoms. The van der Waals surface area contributed by atoms with Crippen molar-refractivity contribution in [2.45, 2.75) is 6.04 Å². The van der Waals surface area contributed by atoms with Crippen LogP contribution in [0.5, 0.6) is 0 Å². The van der Waals surface area contributed by atoms with Gasteiger partial charge in [-0.05, 0) is 0 Å². The number of carbonyl (C=O) groups excluding carboxylic acids is 2. The molecule has 10 heavy (non-hydrogen) atoms. The Balaban J connectivity index is 2.48. The summed E-state index contributed by atoms with van der Waals surface area (Å²) in [6.45, 7) is 0.785. The van der Waals surface area contributed by atoms with E-state index in [9.17, 15) is 9.59 Å². The molecule has 1 heterocycles. The Kier molecular flexibility index (Phi) is 1.86. The summed E-state index contributed by atoms with van der Waals surface area (Å²) in [6, 6.07) is -0.106. The van der Waals surface area contributed by atoms with Gasteiger partial charge in [-0.2, -0.15) is 0 Å². The third-order valence-electron chi connectivity index (χ3n) is 1.33. The van der Waals surface area contributed by atoms with Crippen LogP contribution in [-0.2, 0) is 9.59 Å². The van der Waals surface area contributed by atoms with E-state index in [1.807, 2.05) is 0 Å². The molecule has 1 fully saturated rings. The quantitative estimate of drug-likeness (QED) is 0.356. The van der Waals surface area contributed by atoms with Crippen LogP contribution < -0.4 is 16.4 Å². The molecule has 0 bridgehead atoms. The van der Waals surface area contributed by atoms with Gasteiger partial charge in [-0.1, -0.05) is 0 Å². The van der Waals surface area contributed by atoms with Crippen molar-refractivity contribution in [1.82, 2.24) is 10.6 Å². The highest BCUT2D eigenvalue weighted by Crippen LogP contribution is 1.85. The zero-order valence-electron chi connectivity index (χ0n) is 5.39. The Morgan fingerprint density at radius 1 is 1.50 bits per heavy atom. The molecule has 0 aliphatic carbocycles. The predicted molar refractivity (Wildman–Crippen MR) is 34.0 cm³/mol. The van der Waals surface area contributed by atoms with Crippen LogP contribution in [0, 0.1) is 0 Å². The minimum atomic E-state index is -0.596. The molecule has 0 aromatic heterocycles. The van der Waals surface area contributed by atoms with Crippen molar-refractivity contribution >= 4 is 11.8 Å². The van der Waals surface area contributed by atoms with Gasteiger partial charge in [-0.15, -0.1) is 0 Å². The molecular formula is C5H9N3O2. The molecule has 1 atom stereocenters. The van der Waals surface area contributed by atoms with Gasteiger partial charge in [-0.25, -0.2) is 0 Å². The Hall–Kier alpha value is -1.10. The van der Waals surface area contributed by atoms with E-state index in [1.54, 1.807) is 0 Å². The van der Waals surface area contributed by atoms with Gasteiger partial charge in [-0.3, -0.25) is 9.59 Å². The molecule has 2 amide bonds. The SMILES string of the molecule is NC[C@H]1CNC(=O)C(=O)N1. The first-order valence-electron chi connectivity index (χ1n) is 3.03. The highest BCUT2D eigenvalue weighted by Gasteiger charge is 2.23. The fourth-order valence-corrected chi connectivity index (χ4v) is 0.740. The Morgan fingerprint density at radius 3 is 2.70 bits per heavy atom. The number of hydrogen-bond donors (Lipinski definition) is 3. The van der Waals surface area contributed by atoms with E-state index in [-0.39, 0.29) is 6.04 Å². The maximum atomic E-state index is 10.6. The van der Waals surface area contributed by atoms with E-state index < -0.39 is 11.8 Å². The topological polar surface area (TPSA) is 84.2 Å². The second-order valence-corrected chi connectivity index (χ2v) is 2.12. The second kappa shape index (κ2) is 2.66. The zero-order chi connectivity index (χ0) is 7.56. The molecule has 0 radical (unpaired) electrons. The molecule has 5 nitrogen and oxygen atoms in total. The second-order valence-electron chi connectivity index (χ2n) is 2.12. The van der Waals surface area contributed by atoms with Crippen molar-refractivity contribution in [2.75, 3.05) is 13.1 Å². The van der Waals surface area contributed by atoms with Crippen LogP contribution in [0.15, 0.2) is 0 Å². The minimum absolute atomic E-state index is 0.106.